The highest BCUT2D eigenvalue weighted by Crippen LogP contribution is 2.34. The van der Waals surface area contributed by atoms with E-state index in [1.165, 1.54) is 62.7 Å². The lowest BCUT2D eigenvalue weighted by molar-refractivity contribution is 0.250. The van der Waals surface area contributed by atoms with E-state index in [1.807, 2.05) is 12.1 Å². The first-order chi connectivity index (χ1) is 12.2. The summed E-state index contributed by atoms with van der Waals surface area (Å²) in [5.74, 6) is 0.914. The van der Waals surface area contributed by atoms with E-state index in [0.717, 1.165) is 24.3 Å². The van der Waals surface area contributed by atoms with Gasteiger partial charge in [0.15, 0.2) is 5.83 Å². The molecule has 0 spiro atoms. The summed E-state index contributed by atoms with van der Waals surface area (Å²) in [5, 5.41) is 17.2. The zero-order valence-corrected chi connectivity index (χ0v) is 14.9. The van der Waals surface area contributed by atoms with E-state index >= 15 is 0 Å². The smallest absolute Gasteiger partial charge is 0.195 e. The Morgan fingerprint density at radius 2 is 1.64 bits per heavy atom. The molecular weight excluding hydrogens is 311 g/mol. The number of rotatable bonds is 8. The molecule has 1 saturated carbocycles. The van der Waals surface area contributed by atoms with Gasteiger partial charge in [-0.15, -0.1) is 0 Å². The maximum Gasteiger partial charge on any atom is 0.196 e. The Balaban J connectivity index is 1.56. The van der Waals surface area contributed by atoms with Crippen LogP contribution in [0.25, 0.3) is 0 Å². The van der Waals surface area contributed by atoms with Crippen molar-refractivity contribution in [3.63, 3.8) is 0 Å². The molecule has 1 aromatic carbocycles. The predicted molar refractivity (Wildman–Crippen MR) is 98.2 cm³/mol. The van der Waals surface area contributed by atoms with Crippen molar-refractivity contribution in [3.8, 4) is 12.1 Å². The highest BCUT2D eigenvalue weighted by atomic mass is 19.1. The number of allylic oxidation sites excluding steroid dienone is 2. The van der Waals surface area contributed by atoms with Gasteiger partial charge in [-0.25, -0.2) is 0 Å². The Bertz CT molecular complexity index is 625. The molecular formula is C22H27FN2. The predicted octanol–water partition coefficient (Wildman–Crippen LogP) is 6.23. The molecule has 0 bridgehead atoms. The Morgan fingerprint density at radius 3 is 2.24 bits per heavy atom. The number of aryl methyl sites for hydroxylation is 1. The minimum Gasteiger partial charge on any atom is -0.195 e. The molecule has 0 heterocycles. The number of nitrogens with zero attached hydrogens (tertiary/aromatic N) is 2. The fourth-order valence-electron chi connectivity index (χ4n) is 3.81. The molecule has 0 amide bonds. The SMILES string of the molecule is N#C/C(F)=C/CC[C@H]1CC[C@H](CCCCc2ccc(C#N)cc2)CC1. The number of halogens is 1. The van der Waals surface area contributed by atoms with Crippen LogP contribution in [0.2, 0.25) is 0 Å². The zero-order valence-electron chi connectivity index (χ0n) is 14.9. The summed E-state index contributed by atoms with van der Waals surface area (Å²) in [4.78, 5) is 0. The van der Waals surface area contributed by atoms with Crippen LogP contribution in [0, 0.1) is 34.5 Å². The number of benzene rings is 1. The standard InChI is InChI=1S/C22H27FN2/c23-22(17-25)7-3-6-20-10-8-18(9-11-20)4-1-2-5-19-12-14-21(16-24)15-13-19/h7,12-15,18,20H,1-6,8-11H2/b22-7-/t18-,20-. The van der Waals surface area contributed by atoms with E-state index < -0.39 is 5.83 Å². The lowest BCUT2D eigenvalue weighted by Gasteiger charge is -2.28. The fourth-order valence-corrected chi connectivity index (χ4v) is 3.81. The Labute approximate surface area is 151 Å². The highest BCUT2D eigenvalue weighted by molar-refractivity contribution is 5.31. The minimum atomic E-state index is -0.643. The quantitative estimate of drug-likeness (QED) is 0.416. The summed E-state index contributed by atoms with van der Waals surface area (Å²) in [5.41, 5.74) is 2.05. The third kappa shape index (κ3) is 7.10. The molecule has 0 unspecified atom stereocenters. The van der Waals surface area contributed by atoms with Gasteiger partial charge in [0.1, 0.15) is 6.07 Å². The maximum absolute atomic E-state index is 12.8. The number of hydrogen-bond acceptors (Lipinski definition) is 2. The first kappa shape index (κ1) is 19.2. The van der Waals surface area contributed by atoms with Gasteiger partial charge in [0, 0.05) is 0 Å². The van der Waals surface area contributed by atoms with Crippen molar-refractivity contribution in [3.05, 3.63) is 47.3 Å². The van der Waals surface area contributed by atoms with E-state index in [4.69, 9.17) is 10.5 Å². The number of hydrogen-bond donors (Lipinski definition) is 0. The van der Waals surface area contributed by atoms with Crippen molar-refractivity contribution in [1.29, 1.82) is 10.5 Å². The van der Waals surface area contributed by atoms with E-state index in [1.54, 1.807) is 0 Å². The maximum atomic E-state index is 12.8. The monoisotopic (exact) mass is 338 g/mol. The van der Waals surface area contributed by atoms with Crippen LogP contribution in [0.3, 0.4) is 0 Å². The molecule has 0 radical (unpaired) electrons. The molecule has 25 heavy (non-hydrogen) atoms. The van der Waals surface area contributed by atoms with Crippen molar-refractivity contribution in [2.75, 3.05) is 0 Å². The van der Waals surface area contributed by atoms with Gasteiger partial charge < -0.3 is 0 Å². The molecule has 1 aromatic rings. The summed E-state index contributed by atoms with van der Waals surface area (Å²) in [6.45, 7) is 0. The van der Waals surface area contributed by atoms with E-state index in [0.29, 0.717) is 12.3 Å². The van der Waals surface area contributed by atoms with E-state index in [-0.39, 0.29) is 0 Å². The van der Waals surface area contributed by atoms with Gasteiger partial charge in [-0.3, -0.25) is 0 Å². The van der Waals surface area contributed by atoms with Gasteiger partial charge in [-0.05, 0) is 61.3 Å². The Morgan fingerprint density at radius 1 is 1.00 bits per heavy atom. The molecule has 0 atom stereocenters. The second-order valence-corrected chi connectivity index (χ2v) is 7.18. The number of nitriles is 2. The molecule has 0 aromatic heterocycles. The fraction of sp³-hybridized carbons (Fsp3) is 0.545. The summed E-state index contributed by atoms with van der Waals surface area (Å²) in [6.07, 6.45) is 13.1. The third-order valence-electron chi connectivity index (χ3n) is 5.38. The van der Waals surface area contributed by atoms with Crippen LogP contribution in [0.4, 0.5) is 4.39 Å². The van der Waals surface area contributed by atoms with Crippen molar-refractivity contribution >= 4 is 0 Å². The zero-order chi connectivity index (χ0) is 17.9. The lowest BCUT2D eigenvalue weighted by Crippen LogP contribution is -2.14. The molecule has 0 N–H and O–H groups in total. The van der Waals surface area contributed by atoms with Crippen LogP contribution in [-0.4, -0.2) is 0 Å². The van der Waals surface area contributed by atoms with Crippen molar-refractivity contribution in [1.82, 2.24) is 0 Å². The van der Waals surface area contributed by atoms with E-state index in [2.05, 4.69) is 18.2 Å². The lowest BCUT2D eigenvalue weighted by atomic mass is 9.78. The minimum absolute atomic E-state index is 0.643. The molecule has 1 aliphatic rings. The van der Waals surface area contributed by atoms with Crippen molar-refractivity contribution in [2.24, 2.45) is 11.8 Å². The Kier molecular flexibility index (Phi) is 8.20. The average Bonchev–Trinajstić information content (AvgIpc) is 2.66. The molecule has 0 aliphatic heterocycles. The molecule has 3 heteroatoms. The van der Waals surface area contributed by atoms with Crippen molar-refractivity contribution < 1.29 is 4.39 Å². The molecule has 2 nitrogen and oxygen atoms in total. The molecule has 0 saturated heterocycles. The van der Waals surface area contributed by atoms with Gasteiger partial charge in [0.2, 0.25) is 0 Å². The van der Waals surface area contributed by atoms with Crippen LogP contribution in [0.1, 0.15) is 68.9 Å². The van der Waals surface area contributed by atoms with Crippen LogP contribution in [0.5, 0.6) is 0 Å². The second-order valence-electron chi connectivity index (χ2n) is 7.18. The van der Waals surface area contributed by atoms with Crippen LogP contribution >= 0.6 is 0 Å². The van der Waals surface area contributed by atoms with Gasteiger partial charge in [-0.1, -0.05) is 50.7 Å². The van der Waals surface area contributed by atoms with Crippen LogP contribution < -0.4 is 0 Å². The summed E-state index contributed by atoms with van der Waals surface area (Å²) < 4.78 is 12.8. The normalized spacial score (nSPS) is 20.7. The number of unbranched alkanes of at least 4 members (excludes halogenated alkanes) is 1. The van der Waals surface area contributed by atoms with Crippen LogP contribution in [-0.2, 0) is 6.42 Å². The average molecular weight is 338 g/mol. The van der Waals surface area contributed by atoms with Gasteiger partial charge in [0.25, 0.3) is 0 Å². The van der Waals surface area contributed by atoms with E-state index in [9.17, 15) is 4.39 Å². The van der Waals surface area contributed by atoms with Gasteiger partial charge in [-0.2, -0.15) is 14.9 Å². The molecule has 1 aliphatic carbocycles. The molecule has 1 fully saturated rings. The molecule has 2 rings (SSSR count). The van der Waals surface area contributed by atoms with Crippen LogP contribution in [0.15, 0.2) is 36.2 Å². The second kappa shape index (κ2) is 10.7. The molecule has 132 valence electrons. The largest absolute Gasteiger partial charge is 0.196 e. The highest BCUT2D eigenvalue weighted by Gasteiger charge is 2.20. The summed E-state index contributed by atoms with van der Waals surface area (Å²) >= 11 is 0. The first-order valence-corrected chi connectivity index (χ1v) is 9.46. The topological polar surface area (TPSA) is 47.6 Å². The summed E-state index contributed by atoms with van der Waals surface area (Å²) in [6, 6.07) is 11.6. The van der Waals surface area contributed by atoms with Crippen molar-refractivity contribution in [2.45, 2.75) is 64.2 Å². The third-order valence-corrected chi connectivity index (χ3v) is 5.38. The summed E-state index contributed by atoms with van der Waals surface area (Å²) in [7, 11) is 0. The van der Waals surface area contributed by atoms with Gasteiger partial charge >= 0.3 is 0 Å². The first-order valence-electron chi connectivity index (χ1n) is 9.46. The van der Waals surface area contributed by atoms with Gasteiger partial charge in [0.05, 0.1) is 11.6 Å². The Hall–Kier alpha value is -2.13.